The SMILES string of the molecule is NOS(=O)(=O)O.[Fe]. The maximum absolute atomic E-state index is 9.21. The van der Waals surface area contributed by atoms with Crippen LogP contribution in [0.2, 0.25) is 0 Å². The predicted molar refractivity (Wildman–Crippen MR) is 16.8 cm³/mol. The molecule has 0 aliphatic carbocycles. The maximum Gasteiger partial charge on any atom is 0.413 e. The van der Waals surface area contributed by atoms with Gasteiger partial charge < -0.3 is 0 Å². The zero-order valence-electron chi connectivity index (χ0n) is 3.01. The second-order valence-corrected chi connectivity index (χ2v) is 1.57. The molecule has 0 aliphatic heterocycles. The van der Waals surface area contributed by atoms with E-state index in [1.54, 1.807) is 0 Å². The summed E-state index contributed by atoms with van der Waals surface area (Å²) >= 11 is 0. The third-order valence-electron chi connectivity index (χ3n) is 0.122. The van der Waals surface area contributed by atoms with Crippen molar-refractivity contribution in [3.05, 3.63) is 0 Å². The van der Waals surface area contributed by atoms with Crippen LogP contribution in [-0.2, 0) is 31.8 Å². The summed E-state index contributed by atoms with van der Waals surface area (Å²) < 4.78 is 28.8. The first kappa shape index (κ1) is 10.4. The van der Waals surface area contributed by atoms with Crippen molar-refractivity contribution >= 4 is 10.4 Å². The van der Waals surface area contributed by atoms with Crippen LogP contribution in [0.25, 0.3) is 0 Å². The minimum atomic E-state index is -4.38. The minimum Gasteiger partial charge on any atom is -0.262 e. The first-order valence-electron chi connectivity index (χ1n) is 0.918. The molecule has 0 heterocycles. The van der Waals surface area contributed by atoms with Gasteiger partial charge in [0.2, 0.25) is 0 Å². The fraction of sp³-hybridized carbons (Fsp3) is 0. The van der Waals surface area contributed by atoms with Crippen LogP contribution in [0.3, 0.4) is 0 Å². The van der Waals surface area contributed by atoms with Crippen LogP contribution in [0.4, 0.5) is 0 Å². The molecule has 0 fully saturated rings. The van der Waals surface area contributed by atoms with Gasteiger partial charge in [0.25, 0.3) is 0 Å². The van der Waals surface area contributed by atoms with E-state index >= 15 is 0 Å². The van der Waals surface area contributed by atoms with Gasteiger partial charge in [-0.25, -0.2) is 0 Å². The topological polar surface area (TPSA) is 89.6 Å². The second kappa shape index (κ2) is 3.36. The Morgan fingerprint density at radius 2 is 1.71 bits per heavy atom. The summed E-state index contributed by atoms with van der Waals surface area (Å²) in [5, 5.41) is 0. The Balaban J connectivity index is 0. The molecule has 7 heteroatoms. The molecule has 0 radical (unpaired) electrons. The molecule has 0 aromatic carbocycles. The molecule has 0 aromatic rings. The van der Waals surface area contributed by atoms with Gasteiger partial charge in [0.05, 0.1) is 0 Å². The van der Waals surface area contributed by atoms with Crippen molar-refractivity contribution in [1.82, 2.24) is 0 Å². The Morgan fingerprint density at radius 1 is 1.57 bits per heavy atom. The molecule has 0 bridgehead atoms. The third-order valence-corrected chi connectivity index (χ3v) is 0.365. The fourth-order valence-corrected chi connectivity index (χ4v) is 0. The third kappa shape index (κ3) is 10.7. The van der Waals surface area contributed by atoms with Gasteiger partial charge in [0.1, 0.15) is 0 Å². The second-order valence-electron chi connectivity index (χ2n) is 0.524. The summed E-state index contributed by atoms with van der Waals surface area (Å²) in [6.07, 6.45) is 0. The standard InChI is InChI=1S/Fe.H3NO4S/c;1-5-6(2,3)4/h;1H2,(H,2,3,4). The summed E-state index contributed by atoms with van der Waals surface area (Å²) in [6, 6.07) is 0. The predicted octanol–water partition coefficient (Wildman–Crippen LogP) is -1.32. The molecule has 0 unspecified atom stereocenters. The van der Waals surface area contributed by atoms with E-state index in [-0.39, 0.29) is 17.1 Å². The Kier molecular flexibility index (Phi) is 4.98. The summed E-state index contributed by atoms with van der Waals surface area (Å²) in [5.74, 6) is 3.97. The zero-order valence-corrected chi connectivity index (χ0v) is 4.93. The molecular formula is H3FeNO4S. The van der Waals surface area contributed by atoms with Gasteiger partial charge in [-0.1, -0.05) is 0 Å². The molecule has 0 atom stereocenters. The molecule has 7 heavy (non-hydrogen) atoms. The Morgan fingerprint density at radius 3 is 1.71 bits per heavy atom. The number of nitrogens with two attached hydrogens (primary N) is 1. The summed E-state index contributed by atoms with van der Waals surface area (Å²) in [4.78, 5) is 0. The van der Waals surface area contributed by atoms with Crippen LogP contribution >= 0.6 is 0 Å². The van der Waals surface area contributed by atoms with E-state index in [1.807, 2.05) is 0 Å². The molecule has 46 valence electrons. The molecule has 0 aromatic heterocycles. The average Bonchev–Trinajstić information content (AvgIpc) is 1.35. The molecule has 0 aliphatic rings. The minimum absolute atomic E-state index is 0. The van der Waals surface area contributed by atoms with E-state index < -0.39 is 10.4 Å². The van der Waals surface area contributed by atoms with Crippen molar-refractivity contribution < 1.29 is 34.3 Å². The monoisotopic (exact) mass is 169 g/mol. The van der Waals surface area contributed by atoms with E-state index in [2.05, 4.69) is 10.2 Å². The van der Waals surface area contributed by atoms with Crippen LogP contribution in [0.15, 0.2) is 0 Å². The number of rotatable bonds is 1. The van der Waals surface area contributed by atoms with Crippen molar-refractivity contribution in [2.75, 3.05) is 0 Å². The molecule has 0 saturated carbocycles. The molecule has 3 N–H and O–H groups in total. The van der Waals surface area contributed by atoms with E-state index in [9.17, 15) is 8.42 Å². The molecular weight excluding hydrogens is 166 g/mol. The molecule has 0 spiro atoms. The smallest absolute Gasteiger partial charge is 0.262 e. The largest absolute Gasteiger partial charge is 0.413 e. The summed E-state index contributed by atoms with van der Waals surface area (Å²) in [7, 11) is -4.38. The van der Waals surface area contributed by atoms with Crippen LogP contribution in [0.5, 0.6) is 0 Å². The van der Waals surface area contributed by atoms with E-state index in [0.717, 1.165) is 0 Å². The van der Waals surface area contributed by atoms with Crippen LogP contribution in [0, 0.1) is 0 Å². The van der Waals surface area contributed by atoms with Crippen molar-refractivity contribution in [1.29, 1.82) is 0 Å². The van der Waals surface area contributed by atoms with E-state index in [0.29, 0.717) is 0 Å². The van der Waals surface area contributed by atoms with Gasteiger partial charge in [-0.15, -0.1) is 0 Å². The fourth-order valence-electron chi connectivity index (χ4n) is 0. The van der Waals surface area contributed by atoms with Crippen molar-refractivity contribution in [2.45, 2.75) is 0 Å². The van der Waals surface area contributed by atoms with Gasteiger partial charge in [0.15, 0.2) is 0 Å². The van der Waals surface area contributed by atoms with Gasteiger partial charge in [0, 0.05) is 17.1 Å². The molecule has 5 nitrogen and oxygen atoms in total. The Hall–Kier alpha value is 0.349. The first-order valence-corrected chi connectivity index (χ1v) is 2.28. The van der Waals surface area contributed by atoms with Crippen molar-refractivity contribution in [2.24, 2.45) is 5.90 Å². The normalized spacial score (nSPS) is 10.0. The van der Waals surface area contributed by atoms with Gasteiger partial charge in [-0.05, 0) is 0 Å². The van der Waals surface area contributed by atoms with Gasteiger partial charge >= 0.3 is 10.4 Å². The van der Waals surface area contributed by atoms with Crippen molar-refractivity contribution in [3.63, 3.8) is 0 Å². The van der Waals surface area contributed by atoms with Crippen LogP contribution in [-0.4, -0.2) is 13.0 Å². The first-order chi connectivity index (χ1) is 2.56. The van der Waals surface area contributed by atoms with Crippen molar-refractivity contribution in [3.8, 4) is 0 Å². The zero-order chi connectivity index (χ0) is 5.21. The summed E-state index contributed by atoms with van der Waals surface area (Å²) in [6.45, 7) is 0. The summed E-state index contributed by atoms with van der Waals surface area (Å²) in [5.41, 5.74) is 0. The Bertz CT molecular complexity index is 114. The van der Waals surface area contributed by atoms with Gasteiger partial charge in [-0.2, -0.15) is 18.6 Å². The maximum atomic E-state index is 9.21. The van der Waals surface area contributed by atoms with E-state index in [1.165, 1.54) is 0 Å². The molecule has 0 rings (SSSR count). The van der Waals surface area contributed by atoms with Gasteiger partial charge in [-0.3, -0.25) is 4.55 Å². The number of hydrogen-bond donors (Lipinski definition) is 2. The average molecular weight is 169 g/mol. The van der Waals surface area contributed by atoms with Crippen LogP contribution < -0.4 is 5.90 Å². The molecule has 0 saturated heterocycles. The Labute approximate surface area is 51.2 Å². The quantitative estimate of drug-likeness (QED) is 0.288. The molecule has 0 amide bonds. The number of hydrogen-bond acceptors (Lipinski definition) is 4. The van der Waals surface area contributed by atoms with Crippen LogP contribution in [0.1, 0.15) is 0 Å². The van der Waals surface area contributed by atoms with E-state index in [4.69, 9.17) is 4.55 Å².